The van der Waals surface area contributed by atoms with Gasteiger partial charge in [-0.1, -0.05) is 5.16 Å². The van der Waals surface area contributed by atoms with E-state index in [2.05, 4.69) is 21.1 Å². The Morgan fingerprint density at radius 3 is 2.42 bits per heavy atom. The maximum atomic E-state index is 12.1. The Hall–Kier alpha value is -2.67. The van der Waals surface area contributed by atoms with Gasteiger partial charge in [0.25, 0.3) is 5.91 Å². The molecule has 1 fully saturated rings. The molecule has 7 nitrogen and oxygen atoms in total. The van der Waals surface area contributed by atoms with Crippen molar-refractivity contribution in [3.05, 3.63) is 41.8 Å². The first-order chi connectivity index (χ1) is 12.6. The van der Waals surface area contributed by atoms with E-state index in [4.69, 9.17) is 4.52 Å². The molecule has 0 saturated carbocycles. The van der Waals surface area contributed by atoms with E-state index in [0.717, 1.165) is 38.0 Å². The maximum absolute atomic E-state index is 12.1. The Morgan fingerprint density at radius 1 is 1.15 bits per heavy atom. The van der Waals surface area contributed by atoms with Crippen molar-refractivity contribution in [2.75, 3.05) is 23.7 Å². The lowest BCUT2D eigenvalue weighted by molar-refractivity contribution is -0.116. The van der Waals surface area contributed by atoms with Gasteiger partial charge in [-0.05, 0) is 69.5 Å². The van der Waals surface area contributed by atoms with Gasteiger partial charge in [0.1, 0.15) is 11.3 Å². The number of nitrogens with zero attached hydrogens (tertiary/aromatic N) is 1. The van der Waals surface area contributed by atoms with E-state index in [1.807, 2.05) is 0 Å². The van der Waals surface area contributed by atoms with Crippen molar-refractivity contribution in [2.45, 2.75) is 32.6 Å². The minimum atomic E-state index is -0.275. The molecule has 0 spiro atoms. The molecule has 1 aliphatic rings. The molecular weight excluding hydrogens is 332 g/mol. The van der Waals surface area contributed by atoms with E-state index < -0.39 is 0 Å². The van der Waals surface area contributed by atoms with Crippen LogP contribution in [0.5, 0.6) is 0 Å². The minimum absolute atomic E-state index is 0.0282. The molecule has 3 rings (SSSR count). The second-order valence-electron chi connectivity index (χ2n) is 6.61. The fourth-order valence-electron chi connectivity index (χ4n) is 3.08. The van der Waals surface area contributed by atoms with Crippen LogP contribution in [0.3, 0.4) is 0 Å². The second kappa shape index (κ2) is 8.62. The highest BCUT2D eigenvalue weighted by molar-refractivity contribution is 6.04. The smallest absolute Gasteiger partial charge is 0.260 e. The van der Waals surface area contributed by atoms with Crippen LogP contribution in [0.1, 0.15) is 41.8 Å². The number of hydrogen-bond donors (Lipinski definition) is 3. The van der Waals surface area contributed by atoms with Gasteiger partial charge < -0.3 is 20.5 Å². The summed E-state index contributed by atoms with van der Waals surface area (Å²) in [5, 5.41) is 12.6. The lowest BCUT2D eigenvalue weighted by Gasteiger charge is -2.22. The molecule has 0 unspecified atom stereocenters. The van der Waals surface area contributed by atoms with Crippen LogP contribution in [-0.2, 0) is 4.79 Å². The predicted molar refractivity (Wildman–Crippen MR) is 99.1 cm³/mol. The van der Waals surface area contributed by atoms with Gasteiger partial charge in [0.15, 0.2) is 0 Å². The number of hydrogen-bond acceptors (Lipinski definition) is 5. The number of amides is 2. The van der Waals surface area contributed by atoms with Gasteiger partial charge in [0.2, 0.25) is 5.91 Å². The van der Waals surface area contributed by atoms with Crippen LogP contribution in [0.15, 0.2) is 35.0 Å². The summed E-state index contributed by atoms with van der Waals surface area (Å²) in [4.78, 5) is 24.2. The quantitative estimate of drug-likeness (QED) is 0.739. The van der Waals surface area contributed by atoms with Crippen LogP contribution >= 0.6 is 0 Å². The fourth-order valence-corrected chi connectivity index (χ4v) is 3.08. The van der Waals surface area contributed by atoms with Crippen LogP contribution in [0.4, 0.5) is 11.4 Å². The Kier molecular flexibility index (Phi) is 6.01. The van der Waals surface area contributed by atoms with Crippen molar-refractivity contribution in [3.63, 3.8) is 0 Å². The normalized spacial score (nSPS) is 14.8. The summed E-state index contributed by atoms with van der Waals surface area (Å²) in [5.41, 5.74) is 1.77. The molecule has 7 heteroatoms. The molecule has 1 aromatic heterocycles. The van der Waals surface area contributed by atoms with Crippen LogP contribution in [0.2, 0.25) is 0 Å². The number of benzene rings is 1. The highest BCUT2D eigenvalue weighted by atomic mass is 16.5. The van der Waals surface area contributed by atoms with Crippen molar-refractivity contribution < 1.29 is 14.1 Å². The molecule has 3 N–H and O–H groups in total. The monoisotopic (exact) mass is 356 g/mol. The van der Waals surface area contributed by atoms with E-state index in [0.29, 0.717) is 29.3 Å². The van der Waals surface area contributed by atoms with Crippen molar-refractivity contribution >= 4 is 23.2 Å². The van der Waals surface area contributed by atoms with E-state index in [1.165, 1.54) is 6.20 Å². The zero-order valence-corrected chi connectivity index (χ0v) is 14.9. The zero-order chi connectivity index (χ0) is 18.4. The van der Waals surface area contributed by atoms with Gasteiger partial charge in [0.05, 0.1) is 6.20 Å². The standard InChI is InChI=1S/C19H24N4O3/c1-13-17(12-21-26-13)19(25)23-16-5-3-15(4-6-16)22-18(24)7-2-14-8-10-20-11-9-14/h3-6,12,14,20H,2,7-11H2,1H3,(H,22,24)(H,23,25). The maximum Gasteiger partial charge on any atom is 0.260 e. The summed E-state index contributed by atoms with van der Waals surface area (Å²) in [5.74, 6) is 0.864. The lowest BCUT2D eigenvalue weighted by atomic mass is 9.93. The van der Waals surface area contributed by atoms with E-state index in [-0.39, 0.29) is 11.8 Å². The molecule has 2 amide bonds. The average Bonchev–Trinajstić information content (AvgIpc) is 3.09. The number of aryl methyl sites for hydroxylation is 1. The molecule has 1 aromatic carbocycles. The molecule has 0 aliphatic carbocycles. The third kappa shape index (κ3) is 4.92. The third-order valence-corrected chi connectivity index (χ3v) is 4.66. The van der Waals surface area contributed by atoms with Crippen LogP contribution < -0.4 is 16.0 Å². The number of carbonyl (C=O) groups excluding carboxylic acids is 2. The number of nitrogens with one attached hydrogen (secondary N) is 3. The Labute approximate surface area is 152 Å². The molecular formula is C19H24N4O3. The molecule has 1 aliphatic heterocycles. The molecule has 1 saturated heterocycles. The Balaban J connectivity index is 1.47. The van der Waals surface area contributed by atoms with Crippen molar-refractivity contribution in [1.82, 2.24) is 10.5 Å². The molecule has 0 atom stereocenters. The van der Waals surface area contributed by atoms with Crippen LogP contribution in [-0.4, -0.2) is 30.1 Å². The molecule has 0 radical (unpaired) electrons. The topological polar surface area (TPSA) is 96.3 Å². The van der Waals surface area contributed by atoms with Crippen molar-refractivity contribution in [1.29, 1.82) is 0 Å². The summed E-state index contributed by atoms with van der Waals surface area (Å²) in [6.45, 7) is 3.78. The minimum Gasteiger partial charge on any atom is -0.361 e. The molecule has 2 heterocycles. The van der Waals surface area contributed by atoms with Gasteiger partial charge in [0, 0.05) is 17.8 Å². The van der Waals surface area contributed by atoms with Gasteiger partial charge in [-0.15, -0.1) is 0 Å². The molecule has 26 heavy (non-hydrogen) atoms. The van der Waals surface area contributed by atoms with Gasteiger partial charge in [-0.25, -0.2) is 0 Å². The molecule has 0 bridgehead atoms. The Morgan fingerprint density at radius 2 is 1.81 bits per heavy atom. The number of carbonyl (C=O) groups is 2. The first kappa shape index (κ1) is 18.1. The highest BCUT2D eigenvalue weighted by Gasteiger charge is 2.15. The van der Waals surface area contributed by atoms with E-state index in [1.54, 1.807) is 31.2 Å². The highest BCUT2D eigenvalue weighted by Crippen LogP contribution is 2.19. The lowest BCUT2D eigenvalue weighted by Crippen LogP contribution is -2.28. The van der Waals surface area contributed by atoms with Crippen molar-refractivity contribution in [2.24, 2.45) is 5.92 Å². The number of anilines is 2. The summed E-state index contributed by atoms with van der Waals surface area (Å²) < 4.78 is 4.89. The van der Waals surface area contributed by atoms with Crippen LogP contribution in [0.25, 0.3) is 0 Å². The van der Waals surface area contributed by atoms with Gasteiger partial charge >= 0.3 is 0 Å². The Bertz CT molecular complexity index is 748. The number of rotatable bonds is 6. The van der Waals surface area contributed by atoms with E-state index in [9.17, 15) is 9.59 Å². The summed E-state index contributed by atoms with van der Waals surface area (Å²) in [6, 6.07) is 7.06. The largest absolute Gasteiger partial charge is 0.361 e. The number of aromatic nitrogens is 1. The zero-order valence-electron chi connectivity index (χ0n) is 14.9. The van der Waals surface area contributed by atoms with Crippen molar-refractivity contribution in [3.8, 4) is 0 Å². The predicted octanol–water partition coefficient (Wildman–Crippen LogP) is 2.95. The molecule has 138 valence electrons. The first-order valence-corrected chi connectivity index (χ1v) is 8.95. The first-order valence-electron chi connectivity index (χ1n) is 8.95. The SMILES string of the molecule is Cc1oncc1C(=O)Nc1ccc(NC(=O)CCC2CCNCC2)cc1. The fraction of sp³-hybridized carbons (Fsp3) is 0.421. The third-order valence-electron chi connectivity index (χ3n) is 4.66. The van der Waals surface area contributed by atoms with E-state index >= 15 is 0 Å². The van der Waals surface area contributed by atoms with Gasteiger partial charge in [-0.2, -0.15) is 0 Å². The van der Waals surface area contributed by atoms with Crippen LogP contribution in [0, 0.1) is 12.8 Å². The summed E-state index contributed by atoms with van der Waals surface area (Å²) in [6.07, 6.45) is 5.15. The summed E-state index contributed by atoms with van der Waals surface area (Å²) >= 11 is 0. The second-order valence-corrected chi connectivity index (χ2v) is 6.61. The van der Waals surface area contributed by atoms with Gasteiger partial charge in [-0.3, -0.25) is 9.59 Å². The average molecular weight is 356 g/mol. The number of piperidine rings is 1. The summed E-state index contributed by atoms with van der Waals surface area (Å²) in [7, 11) is 0. The molecule has 2 aromatic rings.